The summed E-state index contributed by atoms with van der Waals surface area (Å²) in [5.41, 5.74) is 1.01. The van der Waals surface area contributed by atoms with Crippen molar-refractivity contribution in [3.63, 3.8) is 0 Å². The standard InChI is InChI=1S/C13H22N2O2S/c1-4-15(11-13-8-6-5-7-9-13)18(16,17)12(2)10-14-3/h5-9,12,14H,4,10-11H2,1-3H3. The topological polar surface area (TPSA) is 49.4 Å². The third kappa shape index (κ3) is 3.80. The molecule has 0 bridgehead atoms. The van der Waals surface area contributed by atoms with Crippen molar-refractivity contribution in [2.24, 2.45) is 0 Å². The highest BCUT2D eigenvalue weighted by Crippen LogP contribution is 2.13. The van der Waals surface area contributed by atoms with Crippen LogP contribution in [0.2, 0.25) is 0 Å². The van der Waals surface area contributed by atoms with Crippen LogP contribution in [0.15, 0.2) is 30.3 Å². The second-order valence-corrected chi connectivity index (χ2v) is 6.68. The molecule has 5 heteroatoms. The third-order valence-corrected chi connectivity index (χ3v) is 5.21. The van der Waals surface area contributed by atoms with Gasteiger partial charge in [-0.1, -0.05) is 37.3 Å². The number of nitrogens with one attached hydrogen (secondary N) is 1. The molecule has 4 nitrogen and oxygen atoms in total. The van der Waals surface area contributed by atoms with E-state index in [1.165, 1.54) is 4.31 Å². The zero-order valence-corrected chi connectivity index (χ0v) is 12.1. The molecule has 102 valence electrons. The van der Waals surface area contributed by atoms with Crippen molar-refractivity contribution < 1.29 is 8.42 Å². The molecule has 0 saturated heterocycles. The number of sulfonamides is 1. The lowest BCUT2D eigenvalue weighted by molar-refractivity contribution is 0.415. The lowest BCUT2D eigenvalue weighted by Crippen LogP contribution is -2.41. The van der Waals surface area contributed by atoms with Crippen LogP contribution in [0, 0.1) is 0 Å². The van der Waals surface area contributed by atoms with E-state index in [1.807, 2.05) is 37.3 Å². The fraction of sp³-hybridized carbons (Fsp3) is 0.538. The molecule has 1 N–H and O–H groups in total. The van der Waals surface area contributed by atoms with Gasteiger partial charge < -0.3 is 5.32 Å². The van der Waals surface area contributed by atoms with Gasteiger partial charge in [-0.25, -0.2) is 8.42 Å². The van der Waals surface area contributed by atoms with Crippen LogP contribution in [0.1, 0.15) is 19.4 Å². The Labute approximate surface area is 110 Å². The van der Waals surface area contributed by atoms with E-state index in [0.717, 1.165) is 5.56 Å². The average Bonchev–Trinajstić information content (AvgIpc) is 2.37. The highest BCUT2D eigenvalue weighted by atomic mass is 32.2. The number of nitrogens with zero attached hydrogens (tertiary/aromatic N) is 1. The highest BCUT2D eigenvalue weighted by Gasteiger charge is 2.27. The SMILES string of the molecule is CCN(Cc1ccccc1)S(=O)(=O)C(C)CNC. The predicted molar refractivity (Wildman–Crippen MR) is 74.8 cm³/mol. The van der Waals surface area contributed by atoms with Gasteiger partial charge in [0.25, 0.3) is 0 Å². The van der Waals surface area contributed by atoms with Gasteiger partial charge >= 0.3 is 0 Å². The minimum Gasteiger partial charge on any atom is -0.318 e. The summed E-state index contributed by atoms with van der Waals surface area (Å²) >= 11 is 0. The summed E-state index contributed by atoms with van der Waals surface area (Å²) in [6.07, 6.45) is 0. The first-order valence-electron chi connectivity index (χ1n) is 6.19. The van der Waals surface area contributed by atoms with Gasteiger partial charge in [-0.15, -0.1) is 0 Å². The van der Waals surface area contributed by atoms with Crippen LogP contribution >= 0.6 is 0 Å². The number of benzene rings is 1. The molecular weight excluding hydrogens is 248 g/mol. The van der Waals surface area contributed by atoms with Gasteiger partial charge in [0.05, 0.1) is 5.25 Å². The van der Waals surface area contributed by atoms with Gasteiger partial charge in [-0.05, 0) is 19.5 Å². The van der Waals surface area contributed by atoms with Gasteiger partial charge in [-0.3, -0.25) is 0 Å². The van der Waals surface area contributed by atoms with Crippen LogP contribution < -0.4 is 5.32 Å². The molecule has 0 aliphatic rings. The minimum absolute atomic E-state index is 0.411. The molecule has 0 amide bonds. The maximum atomic E-state index is 12.3. The summed E-state index contributed by atoms with van der Waals surface area (Å²) < 4.78 is 26.2. The summed E-state index contributed by atoms with van der Waals surface area (Å²) in [4.78, 5) is 0. The molecule has 1 aromatic rings. The second kappa shape index (κ2) is 6.87. The molecule has 0 spiro atoms. The molecule has 1 atom stereocenters. The largest absolute Gasteiger partial charge is 0.318 e. The van der Waals surface area contributed by atoms with Crippen molar-refractivity contribution in [3.05, 3.63) is 35.9 Å². The molecule has 0 aromatic heterocycles. The number of hydrogen-bond donors (Lipinski definition) is 1. The molecule has 0 aliphatic carbocycles. The Hall–Kier alpha value is -0.910. The van der Waals surface area contributed by atoms with E-state index in [2.05, 4.69) is 5.32 Å². The third-order valence-electron chi connectivity index (χ3n) is 2.91. The second-order valence-electron chi connectivity index (χ2n) is 4.33. The molecule has 18 heavy (non-hydrogen) atoms. The first-order chi connectivity index (χ1) is 8.52. The lowest BCUT2D eigenvalue weighted by Gasteiger charge is -2.24. The van der Waals surface area contributed by atoms with E-state index in [4.69, 9.17) is 0 Å². The van der Waals surface area contributed by atoms with E-state index in [1.54, 1.807) is 14.0 Å². The van der Waals surface area contributed by atoms with Crippen molar-refractivity contribution in [3.8, 4) is 0 Å². The molecule has 1 aromatic carbocycles. The first kappa shape index (κ1) is 15.1. The van der Waals surface area contributed by atoms with Gasteiger partial charge in [0.15, 0.2) is 0 Å². The molecule has 1 rings (SSSR count). The minimum atomic E-state index is -3.24. The van der Waals surface area contributed by atoms with Crippen molar-refractivity contribution in [1.82, 2.24) is 9.62 Å². The lowest BCUT2D eigenvalue weighted by atomic mass is 10.2. The Balaban J connectivity index is 2.83. The Morgan fingerprint density at radius 3 is 2.39 bits per heavy atom. The van der Waals surface area contributed by atoms with E-state index in [0.29, 0.717) is 19.6 Å². The Kier molecular flexibility index (Phi) is 5.78. The summed E-state index contributed by atoms with van der Waals surface area (Å²) in [5.74, 6) is 0. The molecule has 0 saturated carbocycles. The van der Waals surface area contributed by atoms with Crippen molar-refractivity contribution in [2.45, 2.75) is 25.6 Å². The monoisotopic (exact) mass is 270 g/mol. The Bertz CT molecular complexity index is 445. The maximum Gasteiger partial charge on any atom is 0.218 e. The van der Waals surface area contributed by atoms with E-state index >= 15 is 0 Å². The molecule has 0 aliphatic heterocycles. The van der Waals surface area contributed by atoms with Crippen molar-refractivity contribution >= 4 is 10.0 Å². The zero-order chi connectivity index (χ0) is 13.6. The normalized spacial score (nSPS) is 13.8. The van der Waals surface area contributed by atoms with Crippen LogP contribution in [0.4, 0.5) is 0 Å². The van der Waals surface area contributed by atoms with Crippen molar-refractivity contribution in [1.29, 1.82) is 0 Å². The number of rotatable bonds is 7. The molecule has 0 heterocycles. The summed E-state index contributed by atoms with van der Waals surface area (Å²) in [6.45, 7) is 5.00. The predicted octanol–water partition coefficient (Wildman–Crippen LogP) is 1.45. The van der Waals surface area contributed by atoms with Crippen LogP contribution in [-0.4, -0.2) is 38.1 Å². The van der Waals surface area contributed by atoms with Gasteiger partial charge in [0.1, 0.15) is 0 Å². The van der Waals surface area contributed by atoms with Gasteiger partial charge in [0.2, 0.25) is 10.0 Å². The fourth-order valence-corrected chi connectivity index (χ4v) is 3.39. The Morgan fingerprint density at radius 1 is 1.28 bits per heavy atom. The van der Waals surface area contributed by atoms with Crippen LogP contribution in [-0.2, 0) is 16.6 Å². The molecule has 0 radical (unpaired) electrons. The summed E-state index contributed by atoms with van der Waals surface area (Å²) in [5, 5.41) is 2.50. The van der Waals surface area contributed by atoms with Gasteiger partial charge in [0, 0.05) is 19.6 Å². The summed E-state index contributed by atoms with van der Waals surface area (Å²) in [7, 11) is -1.48. The first-order valence-corrected chi connectivity index (χ1v) is 7.70. The van der Waals surface area contributed by atoms with E-state index in [9.17, 15) is 8.42 Å². The van der Waals surface area contributed by atoms with E-state index in [-0.39, 0.29) is 0 Å². The van der Waals surface area contributed by atoms with Crippen molar-refractivity contribution in [2.75, 3.05) is 20.1 Å². The molecule has 0 fully saturated rings. The molecular formula is C13H22N2O2S. The average molecular weight is 270 g/mol. The smallest absolute Gasteiger partial charge is 0.218 e. The quantitative estimate of drug-likeness (QED) is 0.816. The van der Waals surface area contributed by atoms with E-state index < -0.39 is 15.3 Å². The van der Waals surface area contributed by atoms with Crippen LogP contribution in [0.25, 0.3) is 0 Å². The zero-order valence-electron chi connectivity index (χ0n) is 11.3. The van der Waals surface area contributed by atoms with Gasteiger partial charge in [-0.2, -0.15) is 4.31 Å². The Morgan fingerprint density at radius 2 is 1.89 bits per heavy atom. The number of hydrogen-bond acceptors (Lipinski definition) is 3. The molecule has 1 unspecified atom stereocenters. The van der Waals surface area contributed by atoms with Crippen LogP contribution in [0.5, 0.6) is 0 Å². The van der Waals surface area contributed by atoms with Crippen LogP contribution in [0.3, 0.4) is 0 Å². The maximum absolute atomic E-state index is 12.3. The highest BCUT2D eigenvalue weighted by molar-refractivity contribution is 7.89. The summed E-state index contributed by atoms with van der Waals surface area (Å²) in [6, 6.07) is 9.67. The fourth-order valence-electron chi connectivity index (χ4n) is 1.82.